The monoisotopic (exact) mass is 489 g/mol. The summed E-state index contributed by atoms with van der Waals surface area (Å²) in [6, 6.07) is 8.55. The van der Waals surface area contributed by atoms with Crippen molar-refractivity contribution in [3.8, 4) is 5.75 Å². The van der Waals surface area contributed by atoms with Gasteiger partial charge in [-0.15, -0.1) is 5.10 Å². The first-order valence-electron chi connectivity index (χ1n) is 7.43. The zero-order valence-corrected chi connectivity index (χ0v) is 17.1. The maximum atomic E-state index is 10.6. The number of hydrogen-bond acceptors (Lipinski definition) is 8. The highest BCUT2D eigenvalue weighted by atomic mass is 79.9. The quantitative estimate of drug-likeness (QED) is 0.140. The third-order valence-electron chi connectivity index (χ3n) is 3.08. The van der Waals surface area contributed by atoms with Crippen molar-refractivity contribution in [2.75, 3.05) is 0 Å². The van der Waals surface area contributed by atoms with E-state index in [1.54, 1.807) is 17.6 Å². The highest BCUT2D eigenvalue weighted by Crippen LogP contribution is 2.32. The summed E-state index contributed by atoms with van der Waals surface area (Å²) in [5, 5.41) is 35.3. The molecule has 29 heavy (non-hydrogen) atoms. The number of aromatic hydroxyl groups is 1. The van der Waals surface area contributed by atoms with Gasteiger partial charge >= 0.3 is 5.69 Å². The van der Waals surface area contributed by atoms with Gasteiger partial charge in [-0.25, -0.2) is 5.48 Å². The van der Waals surface area contributed by atoms with Crippen molar-refractivity contribution < 1.29 is 28.2 Å². The summed E-state index contributed by atoms with van der Waals surface area (Å²) in [5.41, 5.74) is 7.18. The summed E-state index contributed by atoms with van der Waals surface area (Å²) < 4.78 is 29.9. The van der Waals surface area contributed by atoms with Crippen molar-refractivity contribution in [1.29, 1.82) is 0 Å². The van der Waals surface area contributed by atoms with E-state index in [4.69, 9.17) is 15.5 Å². The second-order valence-electron chi connectivity index (χ2n) is 5.25. The molecule has 0 fully saturated rings. The first kappa shape index (κ1) is 24.0. The maximum absolute atomic E-state index is 10.6. The molecule has 0 atom stereocenters. The van der Waals surface area contributed by atoms with Crippen LogP contribution in [0.1, 0.15) is 11.1 Å². The van der Waals surface area contributed by atoms with Crippen LogP contribution in [0.4, 0.5) is 5.69 Å². The van der Waals surface area contributed by atoms with Crippen LogP contribution in [-0.4, -0.2) is 40.4 Å². The summed E-state index contributed by atoms with van der Waals surface area (Å²) in [6.45, 7) is 1.84. The molecule has 0 aliphatic rings. The number of nitrogens with two attached hydrogens (primary N) is 1. The van der Waals surface area contributed by atoms with Gasteiger partial charge in [-0.1, -0.05) is 33.6 Å². The van der Waals surface area contributed by atoms with Crippen molar-refractivity contribution in [1.82, 2.24) is 5.48 Å². The van der Waals surface area contributed by atoms with Gasteiger partial charge in [0.2, 0.25) is 11.7 Å². The van der Waals surface area contributed by atoms with Crippen LogP contribution in [-0.2, 0) is 10.1 Å². The summed E-state index contributed by atoms with van der Waals surface area (Å²) in [4.78, 5) is 9.85. The van der Waals surface area contributed by atoms with E-state index in [1.807, 2.05) is 6.92 Å². The number of rotatable bonds is 4. The van der Waals surface area contributed by atoms with E-state index in [0.717, 1.165) is 17.8 Å². The number of benzene rings is 2. The summed E-state index contributed by atoms with van der Waals surface area (Å²) in [6.07, 6.45) is 1.05. The van der Waals surface area contributed by atoms with Gasteiger partial charge in [-0.05, 0) is 25.1 Å². The Bertz CT molecular complexity index is 1040. The van der Waals surface area contributed by atoms with Crippen LogP contribution in [0.15, 0.2) is 56.0 Å². The van der Waals surface area contributed by atoms with E-state index in [0.29, 0.717) is 4.47 Å². The first-order valence-corrected chi connectivity index (χ1v) is 9.66. The fraction of sp³-hybridized carbons (Fsp3) is 0.0667. The molecule has 0 aromatic heterocycles. The topological polar surface area (TPSA) is 201 Å². The number of nitrogens with zero attached hydrogens (tertiary/aromatic N) is 3. The highest BCUT2D eigenvalue weighted by molar-refractivity contribution is 9.10. The van der Waals surface area contributed by atoms with Crippen LogP contribution in [0.5, 0.6) is 5.75 Å². The summed E-state index contributed by atoms with van der Waals surface area (Å²) in [7, 11) is -4.02. The van der Waals surface area contributed by atoms with E-state index >= 15 is 0 Å². The molecule has 6 N–H and O–H groups in total. The molecule has 2 rings (SSSR count). The van der Waals surface area contributed by atoms with Crippen LogP contribution in [0, 0.1) is 17.0 Å². The zero-order valence-electron chi connectivity index (χ0n) is 14.7. The largest absolute Gasteiger partial charge is 0.502 e. The fourth-order valence-corrected chi connectivity index (χ4v) is 2.67. The molecular formula is C15H16BrN5O7S. The first-order chi connectivity index (χ1) is 13.5. The molecule has 0 spiro atoms. The number of nitro groups is 1. The van der Waals surface area contributed by atoms with Crippen LogP contribution < -0.4 is 11.2 Å². The summed E-state index contributed by atoms with van der Waals surface area (Å²) >= 11 is 3.06. The molecule has 0 unspecified atom stereocenters. The Labute approximate surface area is 173 Å². The number of hydrogen-bond donors (Lipinski definition) is 5. The average Bonchev–Trinajstić information content (AvgIpc) is 2.64. The molecular weight excluding hydrogens is 474 g/mol. The van der Waals surface area contributed by atoms with Gasteiger partial charge in [0.25, 0.3) is 10.1 Å². The van der Waals surface area contributed by atoms with Crippen molar-refractivity contribution >= 4 is 43.9 Å². The third kappa shape index (κ3) is 7.82. The molecule has 0 heterocycles. The number of nitro benzene ring substituents is 1. The number of nitrogens with one attached hydrogen (secondary N) is 1. The molecule has 0 aliphatic carbocycles. The number of hydroxylamine groups is 1. The zero-order chi connectivity index (χ0) is 22.2. The Hall–Kier alpha value is -3.07. The maximum Gasteiger partial charge on any atom is 0.312 e. The molecule has 0 saturated heterocycles. The highest BCUT2D eigenvalue weighted by Gasteiger charge is 2.17. The van der Waals surface area contributed by atoms with Crippen molar-refractivity contribution in [2.45, 2.75) is 11.8 Å². The molecule has 156 valence electrons. The standard InChI is InChI=1S/C8H8BrN5O4.C7H8O3S/c9-5-1-4(3-11-12-8(10)13-16)7(15)6(2-5)14(17)18;1-6-2-4-7(5-3-6)11(8,9)10/h1-3,15-16H,(H3,10,12,13);2-5H,1H3,(H,8,9,10)/b11-3+;. The van der Waals surface area contributed by atoms with Crippen molar-refractivity contribution in [3.63, 3.8) is 0 Å². The Morgan fingerprint density at radius 1 is 1.31 bits per heavy atom. The van der Waals surface area contributed by atoms with E-state index in [2.05, 4.69) is 26.1 Å². The van der Waals surface area contributed by atoms with Crippen LogP contribution in [0.2, 0.25) is 0 Å². The third-order valence-corrected chi connectivity index (χ3v) is 4.40. The van der Waals surface area contributed by atoms with Crippen LogP contribution >= 0.6 is 15.9 Å². The average molecular weight is 490 g/mol. The molecule has 0 radical (unpaired) electrons. The lowest BCUT2D eigenvalue weighted by molar-refractivity contribution is -0.385. The minimum atomic E-state index is -4.02. The fourth-order valence-electron chi connectivity index (χ4n) is 1.73. The lowest BCUT2D eigenvalue weighted by Crippen LogP contribution is -2.27. The lowest BCUT2D eigenvalue weighted by Gasteiger charge is -2.00. The van der Waals surface area contributed by atoms with Gasteiger partial charge in [-0.3, -0.25) is 19.9 Å². The van der Waals surface area contributed by atoms with Gasteiger partial charge in [0.1, 0.15) is 0 Å². The Kier molecular flexibility index (Phi) is 8.65. The second-order valence-corrected chi connectivity index (χ2v) is 7.59. The molecule has 0 bridgehead atoms. The number of aryl methyl sites for hydroxylation is 1. The normalized spacial score (nSPS) is 11.7. The number of guanidine groups is 1. The predicted octanol–water partition coefficient (Wildman–Crippen LogP) is 1.93. The smallest absolute Gasteiger partial charge is 0.312 e. The van der Waals surface area contributed by atoms with E-state index in [9.17, 15) is 23.6 Å². The van der Waals surface area contributed by atoms with Crippen LogP contribution in [0.25, 0.3) is 0 Å². The molecule has 0 saturated carbocycles. The molecule has 0 aliphatic heterocycles. The van der Waals surface area contributed by atoms with E-state index < -0.39 is 26.5 Å². The van der Waals surface area contributed by atoms with E-state index in [-0.39, 0.29) is 16.4 Å². The van der Waals surface area contributed by atoms with Crippen LogP contribution in [0.3, 0.4) is 0 Å². The molecule has 12 nitrogen and oxygen atoms in total. The van der Waals surface area contributed by atoms with E-state index in [1.165, 1.54) is 18.2 Å². The van der Waals surface area contributed by atoms with Gasteiger partial charge in [0, 0.05) is 16.1 Å². The minimum Gasteiger partial charge on any atom is -0.502 e. The number of phenolic OH excluding ortho intramolecular Hbond substituents is 1. The molecule has 14 heteroatoms. The SMILES string of the molecule is Cc1ccc(S(=O)(=O)O)cc1.N/C(=N\N=C\c1cc(Br)cc([N+](=O)[O-])c1O)NO. The Morgan fingerprint density at radius 2 is 1.90 bits per heavy atom. The molecule has 2 aromatic rings. The molecule has 0 amide bonds. The van der Waals surface area contributed by atoms with Gasteiger partial charge < -0.3 is 10.8 Å². The Morgan fingerprint density at radius 3 is 2.38 bits per heavy atom. The van der Waals surface area contributed by atoms with Crippen molar-refractivity contribution in [2.24, 2.45) is 15.9 Å². The lowest BCUT2D eigenvalue weighted by atomic mass is 10.2. The van der Waals surface area contributed by atoms with Gasteiger partial charge in [0.05, 0.1) is 16.0 Å². The number of phenols is 1. The second kappa shape index (κ2) is 10.5. The van der Waals surface area contributed by atoms with Gasteiger partial charge in [-0.2, -0.15) is 13.5 Å². The predicted molar refractivity (Wildman–Crippen MR) is 108 cm³/mol. The molecule has 2 aromatic carbocycles. The van der Waals surface area contributed by atoms with Crippen molar-refractivity contribution in [3.05, 3.63) is 62.1 Å². The Balaban J connectivity index is 0.000000326. The number of halogens is 1. The van der Waals surface area contributed by atoms with Gasteiger partial charge in [0.15, 0.2) is 0 Å². The summed E-state index contributed by atoms with van der Waals surface area (Å²) in [5.74, 6) is -0.909. The minimum absolute atomic E-state index is 0.0666.